The van der Waals surface area contributed by atoms with Gasteiger partial charge in [-0.25, -0.2) is 29.9 Å². The van der Waals surface area contributed by atoms with Crippen LogP contribution in [0.15, 0.2) is 255 Å². The molecule has 0 fully saturated rings. The van der Waals surface area contributed by atoms with E-state index in [0.717, 1.165) is 55.9 Å². The molecular formula is C75H63N9O8S. The number of nitrogens with zero attached hydrogens (tertiary/aromatic N) is 6. The molecule has 9 N–H and O–H groups in total. The molecule has 0 radical (unpaired) electrons. The first-order valence-electron chi connectivity index (χ1n) is 29.5. The molecule has 9 aromatic carbocycles. The SMILES string of the molecule is CC(C(=O)Nc1ncc(-c2ccc(O)cc2)nc1Cc1ccccc1)c1ccc(O)cc1.O=C(Nc1ncc(-c2ccc(O)cc2)nc1Cc1ccccc1)c1ccc(O)cc1.Oc1ccc(CC(=S)Nc2ncc(-c3ccc(O)cc3)nc2Cc2ccccc2)cc1. The zero-order valence-electron chi connectivity index (χ0n) is 50.2. The Balaban J connectivity index is 0.000000153. The molecule has 0 saturated carbocycles. The molecule has 2 amide bonds. The third-order valence-electron chi connectivity index (χ3n) is 14.6. The van der Waals surface area contributed by atoms with E-state index in [2.05, 4.69) is 30.9 Å². The fraction of sp³-hybridized carbons (Fsp3) is 0.0800. The van der Waals surface area contributed by atoms with Crippen molar-refractivity contribution in [1.82, 2.24) is 29.9 Å². The summed E-state index contributed by atoms with van der Waals surface area (Å²) in [6, 6.07) is 69.6. The van der Waals surface area contributed by atoms with Gasteiger partial charge in [0.2, 0.25) is 5.91 Å². The molecule has 17 nitrogen and oxygen atoms in total. The molecule has 0 bridgehead atoms. The second-order valence-corrected chi connectivity index (χ2v) is 22.0. The summed E-state index contributed by atoms with van der Waals surface area (Å²) in [5.74, 6) is 1.46. The smallest absolute Gasteiger partial charge is 0.256 e. The van der Waals surface area contributed by atoms with E-state index in [0.29, 0.717) is 76.5 Å². The number of hydrogen-bond donors (Lipinski definition) is 9. The van der Waals surface area contributed by atoms with Crippen LogP contribution in [0.1, 0.15) is 68.1 Å². The number of hydrogen-bond acceptors (Lipinski definition) is 15. The summed E-state index contributed by atoms with van der Waals surface area (Å²) in [6.45, 7) is 1.80. The number of nitrogens with one attached hydrogen (secondary N) is 3. The lowest BCUT2D eigenvalue weighted by atomic mass is 10.00. The van der Waals surface area contributed by atoms with Gasteiger partial charge in [0, 0.05) is 47.9 Å². The molecular weight excluding hydrogens is 1190 g/mol. The van der Waals surface area contributed by atoms with Crippen LogP contribution in [0.25, 0.3) is 33.8 Å². The number of anilines is 3. The van der Waals surface area contributed by atoms with Crippen LogP contribution in [-0.4, -0.2) is 77.3 Å². The highest BCUT2D eigenvalue weighted by Gasteiger charge is 2.20. The van der Waals surface area contributed by atoms with Crippen LogP contribution >= 0.6 is 12.2 Å². The van der Waals surface area contributed by atoms with Crippen molar-refractivity contribution in [1.29, 1.82) is 0 Å². The Morgan fingerprint density at radius 1 is 0.376 bits per heavy atom. The maximum Gasteiger partial charge on any atom is 0.256 e. The van der Waals surface area contributed by atoms with Gasteiger partial charge in [0.1, 0.15) is 34.5 Å². The first-order chi connectivity index (χ1) is 45.1. The first-order valence-corrected chi connectivity index (χ1v) is 29.9. The van der Waals surface area contributed by atoms with Gasteiger partial charge in [-0.15, -0.1) is 0 Å². The number of aromatic nitrogens is 6. The molecule has 0 aliphatic carbocycles. The third-order valence-corrected chi connectivity index (χ3v) is 14.9. The maximum atomic E-state index is 12.9. The maximum absolute atomic E-state index is 12.9. The average Bonchev–Trinajstić information content (AvgIpc) is 1.12. The molecule has 3 aromatic heterocycles. The number of rotatable bonds is 17. The summed E-state index contributed by atoms with van der Waals surface area (Å²) in [5.41, 5.74) is 12.0. The molecule has 1 atom stereocenters. The highest BCUT2D eigenvalue weighted by molar-refractivity contribution is 7.80. The monoisotopic (exact) mass is 1250 g/mol. The van der Waals surface area contributed by atoms with Crippen molar-refractivity contribution in [3.63, 3.8) is 0 Å². The van der Waals surface area contributed by atoms with Crippen LogP contribution in [0.4, 0.5) is 17.5 Å². The Morgan fingerprint density at radius 2 is 0.688 bits per heavy atom. The fourth-order valence-electron chi connectivity index (χ4n) is 9.55. The van der Waals surface area contributed by atoms with Gasteiger partial charge in [0.05, 0.1) is 63.7 Å². The van der Waals surface area contributed by atoms with Gasteiger partial charge in [0.25, 0.3) is 5.91 Å². The molecule has 0 aliphatic rings. The average molecular weight is 1250 g/mol. The Morgan fingerprint density at radius 3 is 1.05 bits per heavy atom. The number of phenolic OH excluding ortho intramolecular Hbond substituents is 6. The minimum atomic E-state index is -0.432. The molecule has 18 heteroatoms. The predicted molar refractivity (Wildman–Crippen MR) is 364 cm³/mol. The number of thiocarbonyl (C=S) groups is 1. The van der Waals surface area contributed by atoms with Crippen molar-refractivity contribution in [2.24, 2.45) is 0 Å². The summed E-state index contributed by atoms with van der Waals surface area (Å²) in [4.78, 5) is 54.1. The second kappa shape index (κ2) is 30.9. The van der Waals surface area contributed by atoms with Gasteiger partial charge in [-0.3, -0.25) is 9.59 Å². The number of benzene rings is 9. The van der Waals surface area contributed by atoms with E-state index in [1.807, 2.05) is 115 Å². The van der Waals surface area contributed by atoms with E-state index in [1.54, 1.807) is 135 Å². The van der Waals surface area contributed by atoms with Crippen LogP contribution in [0.3, 0.4) is 0 Å². The molecule has 0 saturated heterocycles. The molecule has 0 aliphatic heterocycles. The minimum absolute atomic E-state index is 0.0920. The highest BCUT2D eigenvalue weighted by atomic mass is 32.1. The normalized spacial score (nSPS) is 10.9. The van der Waals surface area contributed by atoms with Crippen molar-refractivity contribution in [3.8, 4) is 68.3 Å². The zero-order valence-corrected chi connectivity index (χ0v) is 51.1. The van der Waals surface area contributed by atoms with Crippen molar-refractivity contribution in [3.05, 3.63) is 306 Å². The van der Waals surface area contributed by atoms with Gasteiger partial charge in [-0.2, -0.15) is 0 Å². The van der Waals surface area contributed by atoms with Crippen molar-refractivity contribution < 1.29 is 40.2 Å². The highest BCUT2D eigenvalue weighted by Crippen LogP contribution is 2.29. The Labute approximate surface area is 542 Å². The first kappa shape index (κ1) is 63.9. The predicted octanol–water partition coefficient (Wildman–Crippen LogP) is 14.4. The molecule has 3 heterocycles. The van der Waals surface area contributed by atoms with Crippen LogP contribution in [0, 0.1) is 0 Å². The molecule has 462 valence electrons. The van der Waals surface area contributed by atoms with Gasteiger partial charge in [-0.05, 0) is 156 Å². The van der Waals surface area contributed by atoms with Crippen molar-refractivity contribution in [2.45, 2.75) is 38.5 Å². The third kappa shape index (κ3) is 18.2. The number of carbonyl (C=O) groups excluding carboxylic acids is 2. The largest absolute Gasteiger partial charge is 0.508 e. The number of phenols is 6. The number of amides is 2. The van der Waals surface area contributed by atoms with Gasteiger partial charge < -0.3 is 46.6 Å². The van der Waals surface area contributed by atoms with Crippen LogP contribution in [-0.2, 0) is 30.5 Å². The number of carbonyl (C=O) groups is 2. The van der Waals surface area contributed by atoms with Crippen LogP contribution in [0.2, 0.25) is 0 Å². The Bertz CT molecular complexity index is 4460. The molecule has 12 rings (SSSR count). The molecule has 93 heavy (non-hydrogen) atoms. The van der Waals surface area contributed by atoms with Crippen LogP contribution < -0.4 is 16.0 Å². The number of aromatic hydroxyl groups is 6. The van der Waals surface area contributed by atoms with Gasteiger partial charge >= 0.3 is 0 Å². The molecule has 12 aromatic rings. The second-order valence-electron chi connectivity index (χ2n) is 21.5. The summed E-state index contributed by atoms with van der Waals surface area (Å²) < 4.78 is 0. The summed E-state index contributed by atoms with van der Waals surface area (Å²) in [5, 5.41) is 66.0. The lowest BCUT2D eigenvalue weighted by molar-refractivity contribution is -0.117. The fourth-order valence-corrected chi connectivity index (χ4v) is 9.82. The minimum Gasteiger partial charge on any atom is -0.508 e. The van der Waals surface area contributed by atoms with E-state index in [-0.39, 0.29) is 46.3 Å². The van der Waals surface area contributed by atoms with E-state index in [9.17, 15) is 40.2 Å². The lowest BCUT2D eigenvalue weighted by Crippen LogP contribution is -2.21. The topological polar surface area (TPSA) is 269 Å². The van der Waals surface area contributed by atoms with Crippen LogP contribution in [0.5, 0.6) is 34.5 Å². The molecule has 0 spiro atoms. The van der Waals surface area contributed by atoms with Gasteiger partial charge in [-0.1, -0.05) is 127 Å². The Hall–Kier alpha value is -12.2. The lowest BCUT2D eigenvalue weighted by Gasteiger charge is -2.15. The van der Waals surface area contributed by atoms with E-state index in [4.69, 9.17) is 27.2 Å². The van der Waals surface area contributed by atoms with Gasteiger partial charge in [0.15, 0.2) is 17.5 Å². The van der Waals surface area contributed by atoms with E-state index >= 15 is 0 Å². The summed E-state index contributed by atoms with van der Waals surface area (Å²) >= 11 is 5.55. The van der Waals surface area contributed by atoms with Crippen molar-refractivity contribution in [2.75, 3.05) is 16.0 Å². The Kier molecular flexibility index (Phi) is 21.2. The van der Waals surface area contributed by atoms with E-state index < -0.39 is 5.92 Å². The van der Waals surface area contributed by atoms with E-state index in [1.165, 1.54) is 12.1 Å². The standard InChI is InChI=1S/C26H23N3O3.C25H21N3O2S.C24H19N3O3/c1-17(19-7-11-21(30)12-8-19)26(32)29-25-23(15-18-5-3-2-4-6-18)28-24(16-27-25)20-9-13-22(31)14-10-20;29-20-10-6-18(7-11-20)15-24(31)28-25-22(14-17-4-2-1-3-5-17)27-23(16-26-25)19-8-12-21(30)13-9-19;28-19-10-6-17(7-11-19)22-15-25-23(21(26-22)14-16-4-2-1-3-5-16)27-24(30)18-8-12-20(29)13-9-18/h2-14,16-17,30-31H,15H2,1H3,(H,27,29,32);1-13,16,29-30H,14-15H2,(H,26,28,31);1-13,15,28-29H,14H2,(H,25,27,30). The summed E-state index contributed by atoms with van der Waals surface area (Å²) in [7, 11) is 0. The van der Waals surface area contributed by atoms with Crippen molar-refractivity contribution >= 4 is 46.5 Å². The quantitative estimate of drug-likeness (QED) is 0.0384. The molecule has 1 unspecified atom stereocenters. The zero-order chi connectivity index (χ0) is 65.1. The summed E-state index contributed by atoms with van der Waals surface area (Å²) in [6.07, 6.45) is 7.03.